The van der Waals surface area contributed by atoms with Crippen LogP contribution in [0.3, 0.4) is 0 Å². The van der Waals surface area contributed by atoms with Gasteiger partial charge in [0.15, 0.2) is 0 Å². The molecule has 0 saturated heterocycles. The summed E-state index contributed by atoms with van der Waals surface area (Å²) in [4.78, 5) is 0. The quantitative estimate of drug-likeness (QED) is 0.368. The maximum absolute atomic E-state index is 13.9. The van der Waals surface area contributed by atoms with Gasteiger partial charge >= 0.3 is 0 Å². The summed E-state index contributed by atoms with van der Waals surface area (Å²) in [6.45, 7) is 19.9. The number of halogens is 2. The van der Waals surface area contributed by atoms with Crippen molar-refractivity contribution in [3.8, 4) is 0 Å². The van der Waals surface area contributed by atoms with E-state index >= 15 is 0 Å². The first-order valence-corrected chi connectivity index (χ1v) is 11.1. The molecule has 0 aromatic carbocycles. The summed E-state index contributed by atoms with van der Waals surface area (Å²) in [7, 11) is 0. The average molecular weight is 439 g/mol. The molecule has 0 radical (unpaired) electrons. The molecule has 4 atom stereocenters. The molecule has 4 nitrogen and oxygen atoms in total. The predicted molar refractivity (Wildman–Crippen MR) is 119 cm³/mol. The van der Waals surface area contributed by atoms with Gasteiger partial charge < -0.3 is 19.7 Å². The molecule has 0 spiro atoms. The highest BCUT2D eigenvalue weighted by Crippen LogP contribution is 2.42. The molecule has 0 saturated carbocycles. The van der Waals surface area contributed by atoms with E-state index in [4.69, 9.17) is 19.7 Å². The molecule has 0 aromatic heterocycles. The maximum atomic E-state index is 13.9. The van der Waals surface area contributed by atoms with Gasteiger partial charge in [-0.25, -0.2) is 8.78 Å². The Hall–Kier alpha value is -0.300. The van der Waals surface area contributed by atoms with Gasteiger partial charge in [-0.1, -0.05) is 69.2 Å². The van der Waals surface area contributed by atoms with Crippen molar-refractivity contribution in [1.82, 2.24) is 0 Å². The van der Waals surface area contributed by atoms with Crippen LogP contribution in [0.4, 0.5) is 8.78 Å². The number of ether oxygens (including phenoxy) is 2. The first kappa shape index (κ1) is 29.7. The summed E-state index contributed by atoms with van der Waals surface area (Å²) in [5, 5.41) is 18.1. The van der Waals surface area contributed by atoms with Crippen LogP contribution in [0.1, 0.15) is 94.9 Å². The van der Waals surface area contributed by atoms with Gasteiger partial charge in [0.1, 0.15) is 6.61 Å². The van der Waals surface area contributed by atoms with Crippen molar-refractivity contribution in [3.05, 3.63) is 0 Å². The van der Waals surface area contributed by atoms with Crippen LogP contribution in [0, 0.1) is 21.7 Å². The zero-order chi connectivity index (χ0) is 24.0. The van der Waals surface area contributed by atoms with Gasteiger partial charge in [0, 0.05) is 0 Å². The third-order valence-corrected chi connectivity index (χ3v) is 5.71. The molecule has 0 fully saturated rings. The number of hydrogen-bond acceptors (Lipinski definition) is 4. The zero-order valence-corrected chi connectivity index (χ0v) is 21.0. The first-order valence-electron chi connectivity index (χ1n) is 11.1. The zero-order valence-electron chi connectivity index (χ0n) is 21.0. The molecule has 30 heavy (non-hydrogen) atoms. The van der Waals surface area contributed by atoms with E-state index in [0.717, 1.165) is 12.8 Å². The standard InChI is InChI=1S/C24H48F2O4/c1-21(2,3)13-18(30-20(26)15-27)24(9,10)12-11-23(7,8)14-17(22(4,5)6)29-16-19(25)28/h17-20,27-28H,11-16H2,1-10H3. The molecule has 6 heteroatoms. The first-order chi connectivity index (χ1) is 13.3. The largest absolute Gasteiger partial charge is 0.391 e. The minimum Gasteiger partial charge on any atom is -0.391 e. The lowest BCUT2D eigenvalue weighted by Crippen LogP contribution is -2.40. The second-order valence-corrected chi connectivity index (χ2v) is 12.5. The highest BCUT2D eigenvalue weighted by atomic mass is 19.1. The molecule has 0 rings (SSSR count). The molecule has 4 unspecified atom stereocenters. The van der Waals surface area contributed by atoms with Gasteiger partial charge in [-0.2, -0.15) is 0 Å². The number of rotatable bonds is 13. The summed E-state index contributed by atoms with van der Waals surface area (Å²) in [5.74, 6) is 0. The van der Waals surface area contributed by atoms with E-state index in [9.17, 15) is 8.78 Å². The van der Waals surface area contributed by atoms with Crippen molar-refractivity contribution in [2.24, 2.45) is 21.7 Å². The Labute approximate surface area is 183 Å². The lowest BCUT2D eigenvalue weighted by atomic mass is 9.69. The molecule has 0 aliphatic rings. The molecular weight excluding hydrogens is 390 g/mol. The fourth-order valence-corrected chi connectivity index (χ4v) is 3.52. The Kier molecular flexibility index (Phi) is 11.4. The number of hydrogen-bond donors (Lipinski definition) is 2. The van der Waals surface area contributed by atoms with Crippen molar-refractivity contribution < 1.29 is 28.5 Å². The molecular formula is C24H48F2O4. The Morgan fingerprint density at radius 2 is 1.33 bits per heavy atom. The Morgan fingerprint density at radius 3 is 1.73 bits per heavy atom. The Balaban J connectivity index is 5.24. The van der Waals surface area contributed by atoms with Crippen LogP contribution in [-0.4, -0.2) is 48.4 Å². The van der Waals surface area contributed by atoms with Gasteiger partial charge in [0.2, 0.25) is 12.7 Å². The van der Waals surface area contributed by atoms with E-state index in [1.165, 1.54) is 0 Å². The van der Waals surface area contributed by atoms with Crippen molar-refractivity contribution in [3.63, 3.8) is 0 Å². The summed E-state index contributed by atoms with van der Waals surface area (Å²) in [5.41, 5.74) is -0.626. The number of aliphatic hydroxyl groups is 2. The minimum atomic E-state index is -1.98. The van der Waals surface area contributed by atoms with Crippen LogP contribution < -0.4 is 0 Å². The van der Waals surface area contributed by atoms with E-state index in [-0.39, 0.29) is 40.5 Å². The molecule has 0 aliphatic carbocycles. The van der Waals surface area contributed by atoms with Crippen LogP contribution in [0.2, 0.25) is 0 Å². The molecule has 0 heterocycles. The molecule has 0 aliphatic heterocycles. The van der Waals surface area contributed by atoms with E-state index < -0.39 is 19.3 Å². The van der Waals surface area contributed by atoms with E-state index in [1.54, 1.807) is 0 Å². The summed E-state index contributed by atoms with van der Waals surface area (Å²) in [6, 6.07) is 0. The second-order valence-electron chi connectivity index (χ2n) is 12.5. The van der Waals surface area contributed by atoms with Crippen LogP contribution in [0.25, 0.3) is 0 Å². The lowest BCUT2D eigenvalue weighted by Gasteiger charge is -2.42. The fraction of sp³-hybridized carbons (Fsp3) is 1.00. The molecule has 0 bridgehead atoms. The van der Waals surface area contributed by atoms with Gasteiger partial charge in [-0.3, -0.25) is 0 Å². The van der Waals surface area contributed by atoms with Crippen molar-refractivity contribution in [2.75, 3.05) is 13.2 Å². The van der Waals surface area contributed by atoms with Crippen LogP contribution in [-0.2, 0) is 9.47 Å². The topological polar surface area (TPSA) is 58.9 Å². The Bertz CT molecular complexity index is 479. The van der Waals surface area contributed by atoms with Crippen LogP contribution in [0.15, 0.2) is 0 Å². The van der Waals surface area contributed by atoms with Gasteiger partial charge in [-0.15, -0.1) is 0 Å². The van der Waals surface area contributed by atoms with E-state index in [0.29, 0.717) is 12.8 Å². The summed E-state index contributed by atoms with van der Waals surface area (Å²) in [6.07, 6.45) is -1.13. The smallest absolute Gasteiger partial charge is 0.222 e. The normalized spacial score (nSPS) is 18.2. The second kappa shape index (κ2) is 11.5. The molecule has 0 aromatic rings. The van der Waals surface area contributed by atoms with E-state index in [2.05, 4.69) is 48.5 Å². The number of aliphatic hydroxyl groups excluding tert-OH is 2. The highest BCUT2D eigenvalue weighted by Gasteiger charge is 2.38. The summed E-state index contributed by atoms with van der Waals surface area (Å²) >= 11 is 0. The molecule has 2 N–H and O–H groups in total. The maximum Gasteiger partial charge on any atom is 0.222 e. The highest BCUT2D eigenvalue weighted by molar-refractivity contribution is 4.88. The summed E-state index contributed by atoms with van der Waals surface area (Å²) < 4.78 is 38.1. The van der Waals surface area contributed by atoms with Crippen molar-refractivity contribution in [1.29, 1.82) is 0 Å². The molecule has 0 amide bonds. The lowest BCUT2D eigenvalue weighted by molar-refractivity contribution is -0.157. The minimum absolute atomic E-state index is 0.0367. The third kappa shape index (κ3) is 12.5. The van der Waals surface area contributed by atoms with E-state index in [1.807, 2.05) is 20.8 Å². The van der Waals surface area contributed by atoms with Crippen LogP contribution in [0.5, 0.6) is 0 Å². The van der Waals surface area contributed by atoms with Gasteiger partial charge in [-0.05, 0) is 47.3 Å². The van der Waals surface area contributed by atoms with Gasteiger partial charge in [0.05, 0.1) is 18.8 Å². The Morgan fingerprint density at radius 1 is 0.800 bits per heavy atom. The average Bonchev–Trinajstić information content (AvgIpc) is 2.54. The fourth-order valence-electron chi connectivity index (χ4n) is 3.52. The monoisotopic (exact) mass is 438 g/mol. The molecule has 182 valence electrons. The van der Waals surface area contributed by atoms with Gasteiger partial charge in [0.25, 0.3) is 0 Å². The third-order valence-electron chi connectivity index (χ3n) is 5.71. The predicted octanol–water partition coefficient (Wildman–Crippen LogP) is 6.04. The SMILES string of the molecule is CC(C)(C)CC(OC(F)CO)C(C)(C)CCC(C)(C)CC(OCC(O)F)C(C)(C)C. The van der Waals surface area contributed by atoms with Crippen molar-refractivity contribution in [2.45, 2.75) is 120 Å². The number of alkyl halides is 2. The van der Waals surface area contributed by atoms with Crippen molar-refractivity contribution >= 4 is 0 Å². The van der Waals surface area contributed by atoms with Crippen LogP contribution >= 0.6 is 0 Å².